The van der Waals surface area contributed by atoms with Crippen LogP contribution in [0.3, 0.4) is 0 Å². The molecular weight excluding hydrogens is 482 g/mol. The molecule has 1 aliphatic heterocycles. The normalized spacial score (nSPS) is 16.6. The third-order valence-electron chi connectivity index (χ3n) is 5.46. The predicted molar refractivity (Wildman–Crippen MR) is 139 cm³/mol. The van der Waals surface area contributed by atoms with Crippen LogP contribution in [0.2, 0.25) is 0 Å². The molecule has 1 saturated heterocycles. The van der Waals surface area contributed by atoms with E-state index in [1.165, 1.54) is 11.3 Å². The first-order valence-corrected chi connectivity index (χ1v) is 12.7. The van der Waals surface area contributed by atoms with Crippen molar-refractivity contribution in [2.24, 2.45) is 0 Å². The number of amides is 1. The van der Waals surface area contributed by atoms with Crippen LogP contribution >= 0.6 is 11.3 Å². The fourth-order valence-electron chi connectivity index (χ4n) is 3.92. The molecule has 2 N–H and O–H groups in total. The molecule has 2 aromatic heterocycles. The van der Waals surface area contributed by atoms with Crippen LogP contribution in [0.5, 0.6) is 11.5 Å². The van der Waals surface area contributed by atoms with Crippen LogP contribution < -0.4 is 20.1 Å². The predicted octanol–water partition coefficient (Wildman–Crippen LogP) is 5.40. The number of carbonyl (C=O) groups is 1. The number of thiazole rings is 1. The van der Waals surface area contributed by atoms with Crippen molar-refractivity contribution < 1.29 is 23.7 Å². The number of rotatable bonds is 7. The molecule has 4 rings (SSSR count). The summed E-state index contributed by atoms with van der Waals surface area (Å²) >= 11 is 1.39. The summed E-state index contributed by atoms with van der Waals surface area (Å²) in [4.78, 5) is 26.9. The van der Waals surface area contributed by atoms with E-state index in [2.05, 4.69) is 25.6 Å². The summed E-state index contributed by atoms with van der Waals surface area (Å²) in [5, 5.41) is 7.52. The molecule has 11 heteroatoms. The highest BCUT2D eigenvalue weighted by molar-refractivity contribution is 7.16. The first-order chi connectivity index (χ1) is 17.0. The molecule has 3 aromatic rings. The minimum absolute atomic E-state index is 0.0196. The third-order valence-corrected chi connectivity index (χ3v) is 6.72. The molecule has 1 fully saturated rings. The maximum Gasteiger partial charge on any atom is 0.413 e. The van der Waals surface area contributed by atoms with Crippen LogP contribution in [0.25, 0.3) is 10.9 Å². The monoisotopic (exact) mass is 515 g/mol. The van der Waals surface area contributed by atoms with Crippen molar-refractivity contribution in [1.82, 2.24) is 15.0 Å². The van der Waals surface area contributed by atoms with E-state index in [0.717, 1.165) is 27.9 Å². The standard InChI is InChI=1S/C25H33N5O5S/c1-13(21-14(2)27-23(36-21)30-24(31)35-25(4,5)6)26-22-17-10-20(34-16-8-9-33-12-16)19(32-7)11-18(17)28-15(3)29-22/h10-11,13,16H,8-9,12H2,1-7H3,(H,26,28,29)(H,27,30,31)/t13-,16+/m1/s1. The van der Waals surface area contributed by atoms with E-state index in [4.69, 9.17) is 18.9 Å². The zero-order chi connectivity index (χ0) is 26.0. The van der Waals surface area contributed by atoms with Crippen LogP contribution in [0.15, 0.2) is 12.1 Å². The summed E-state index contributed by atoms with van der Waals surface area (Å²) in [6.07, 6.45) is 0.279. The quantitative estimate of drug-likeness (QED) is 0.426. The summed E-state index contributed by atoms with van der Waals surface area (Å²) in [6.45, 7) is 12.5. The maximum atomic E-state index is 12.2. The number of hydrogen-bond donors (Lipinski definition) is 2. The minimum Gasteiger partial charge on any atom is -0.493 e. The SMILES string of the molecule is COc1cc2nc(C)nc(N[C@H](C)c3sc(NC(=O)OC(C)(C)C)nc3C)c2cc1O[C@H]1CCOC1. The molecule has 0 spiro atoms. The molecule has 0 bridgehead atoms. The fourth-order valence-corrected chi connectivity index (χ4v) is 4.88. The van der Waals surface area contributed by atoms with Gasteiger partial charge >= 0.3 is 6.09 Å². The summed E-state index contributed by atoms with van der Waals surface area (Å²) in [6, 6.07) is 3.64. The Labute approximate surface area is 214 Å². The molecule has 0 aliphatic carbocycles. The molecule has 2 atom stereocenters. The van der Waals surface area contributed by atoms with Crippen molar-refractivity contribution in [3.05, 3.63) is 28.5 Å². The lowest BCUT2D eigenvalue weighted by molar-refractivity contribution is 0.0636. The van der Waals surface area contributed by atoms with Crippen molar-refractivity contribution in [1.29, 1.82) is 0 Å². The van der Waals surface area contributed by atoms with E-state index in [0.29, 0.717) is 41.5 Å². The van der Waals surface area contributed by atoms with Gasteiger partial charge in [-0.2, -0.15) is 0 Å². The van der Waals surface area contributed by atoms with E-state index in [1.807, 2.05) is 53.7 Å². The van der Waals surface area contributed by atoms with Crippen molar-refractivity contribution in [3.63, 3.8) is 0 Å². The number of aromatic nitrogens is 3. The van der Waals surface area contributed by atoms with Gasteiger partial charge in [0.05, 0.1) is 42.5 Å². The van der Waals surface area contributed by atoms with E-state index in [-0.39, 0.29) is 12.1 Å². The summed E-state index contributed by atoms with van der Waals surface area (Å²) in [5.74, 6) is 2.55. The van der Waals surface area contributed by atoms with E-state index < -0.39 is 11.7 Å². The van der Waals surface area contributed by atoms with Gasteiger partial charge in [-0.1, -0.05) is 11.3 Å². The number of aryl methyl sites for hydroxylation is 2. The van der Waals surface area contributed by atoms with Gasteiger partial charge in [0.15, 0.2) is 16.6 Å². The zero-order valence-corrected chi connectivity index (χ0v) is 22.5. The van der Waals surface area contributed by atoms with Gasteiger partial charge in [-0.25, -0.2) is 19.7 Å². The second-order valence-corrected chi connectivity index (χ2v) is 10.7. The number of hydrogen-bond acceptors (Lipinski definition) is 10. The van der Waals surface area contributed by atoms with Crippen LogP contribution in [0.4, 0.5) is 15.7 Å². The van der Waals surface area contributed by atoms with Crippen LogP contribution in [0, 0.1) is 13.8 Å². The van der Waals surface area contributed by atoms with Gasteiger partial charge in [0.1, 0.15) is 23.3 Å². The number of benzene rings is 1. The largest absolute Gasteiger partial charge is 0.493 e. The minimum atomic E-state index is -0.587. The highest BCUT2D eigenvalue weighted by Gasteiger charge is 2.23. The van der Waals surface area contributed by atoms with E-state index in [9.17, 15) is 4.79 Å². The Morgan fingerprint density at radius 3 is 2.64 bits per heavy atom. The average Bonchev–Trinajstić information content (AvgIpc) is 3.41. The Balaban J connectivity index is 1.60. The Kier molecular flexibility index (Phi) is 7.51. The first-order valence-electron chi connectivity index (χ1n) is 11.9. The zero-order valence-electron chi connectivity index (χ0n) is 21.7. The molecule has 1 amide bonds. The smallest absolute Gasteiger partial charge is 0.413 e. The molecule has 36 heavy (non-hydrogen) atoms. The molecule has 0 unspecified atom stereocenters. The second kappa shape index (κ2) is 10.4. The van der Waals surface area contributed by atoms with Gasteiger partial charge in [0, 0.05) is 17.9 Å². The lowest BCUT2D eigenvalue weighted by Gasteiger charge is -2.19. The van der Waals surface area contributed by atoms with Crippen molar-refractivity contribution in [2.75, 3.05) is 31.0 Å². The molecule has 3 heterocycles. The first kappa shape index (κ1) is 25.9. The lowest BCUT2D eigenvalue weighted by Crippen LogP contribution is -2.27. The van der Waals surface area contributed by atoms with Crippen LogP contribution in [0.1, 0.15) is 56.6 Å². The summed E-state index contributed by atoms with van der Waals surface area (Å²) in [7, 11) is 1.62. The van der Waals surface area contributed by atoms with Gasteiger partial charge in [-0.15, -0.1) is 0 Å². The molecule has 1 aliphatic rings. The number of anilines is 2. The Hall–Kier alpha value is -3.18. The fraction of sp³-hybridized carbons (Fsp3) is 0.520. The van der Waals surface area contributed by atoms with E-state index in [1.54, 1.807) is 7.11 Å². The molecular formula is C25H33N5O5S. The number of nitrogens with one attached hydrogen (secondary N) is 2. The number of nitrogens with zero attached hydrogens (tertiary/aromatic N) is 3. The Bertz CT molecular complexity index is 1250. The van der Waals surface area contributed by atoms with Gasteiger partial charge in [0.25, 0.3) is 0 Å². The molecule has 0 radical (unpaired) electrons. The number of fused-ring (bicyclic) bond motifs is 1. The van der Waals surface area contributed by atoms with Gasteiger partial charge in [0.2, 0.25) is 0 Å². The highest BCUT2D eigenvalue weighted by Crippen LogP contribution is 2.37. The number of methoxy groups -OCH3 is 1. The Morgan fingerprint density at radius 2 is 1.97 bits per heavy atom. The van der Waals surface area contributed by atoms with E-state index >= 15 is 0 Å². The Morgan fingerprint density at radius 1 is 1.19 bits per heavy atom. The number of ether oxygens (including phenoxy) is 4. The molecule has 10 nitrogen and oxygen atoms in total. The maximum absolute atomic E-state index is 12.2. The average molecular weight is 516 g/mol. The summed E-state index contributed by atoms with van der Waals surface area (Å²) in [5.41, 5.74) is 0.973. The number of carbonyl (C=O) groups excluding carboxylic acids is 1. The molecule has 1 aromatic carbocycles. The van der Waals surface area contributed by atoms with Crippen LogP contribution in [-0.2, 0) is 9.47 Å². The van der Waals surface area contributed by atoms with Gasteiger partial charge in [-0.3, -0.25) is 5.32 Å². The van der Waals surface area contributed by atoms with Crippen molar-refractivity contribution in [3.8, 4) is 11.5 Å². The van der Waals surface area contributed by atoms with Crippen molar-refractivity contribution >= 4 is 39.3 Å². The van der Waals surface area contributed by atoms with Crippen LogP contribution in [-0.4, -0.2) is 53.1 Å². The summed E-state index contributed by atoms with van der Waals surface area (Å²) < 4.78 is 22.5. The third kappa shape index (κ3) is 6.14. The molecule has 0 saturated carbocycles. The highest BCUT2D eigenvalue weighted by atomic mass is 32.1. The van der Waals surface area contributed by atoms with Crippen molar-refractivity contribution in [2.45, 2.75) is 65.7 Å². The second-order valence-electron chi connectivity index (χ2n) is 9.70. The topological polar surface area (TPSA) is 117 Å². The van der Waals surface area contributed by atoms with Gasteiger partial charge in [-0.05, 0) is 47.6 Å². The lowest BCUT2D eigenvalue weighted by atomic mass is 10.1. The van der Waals surface area contributed by atoms with Gasteiger partial charge < -0.3 is 24.3 Å². The molecule has 194 valence electrons.